The van der Waals surface area contributed by atoms with Crippen LogP contribution in [-0.4, -0.2) is 56.4 Å². The van der Waals surface area contributed by atoms with Gasteiger partial charge in [-0.25, -0.2) is 14.8 Å². The quantitative estimate of drug-likeness (QED) is 0.849. The molecular weight excluding hydrogens is 332 g/mol. The molecule has 1 saturated heterocycles. The zero-order valence-corrected chi connectivity index (χ0v) is 15.1. The summed E-state index contributed by atoms with van der Waals surface area (Å²) in [4.78, 5) is 25.1. The monoisotopic (exact) mass is 356 g/mol. The van der Waals surface area contributed by atoms with Crippen molar-refractivity contribution >= 4 is 23.4 Å². The molecule has 3 rings (SSSR count). The molecule has 0 saturated carbocycles. The lowest BCUT2D eigenvalue weighted by Crippen LogP contribution is -2.37. The molecule has 1 fully saturated rings. The van der Waals surface area contributed by atoms with Crippen LogP contribution in [0, 0.1) is 0 Å². The van der Waals surface area contributed by atoms with Gasteiger partial charge in [0.2, 0.25) is 0 Å². The summed E-state index contributed by atoms with van der Waals surface area (Å²) in [7, 11) is 3.81. The number of carbonyl (C=O) groups excluding carboxylic acids is 1. The fraction of sp³-hybridized carbons (Fsp3) is 0.389. The number of anilines is 3. The highest BCUT2D eigenvalue weighted by atomic mass is 16.5. The van der Waals surface area contributed by atoms with Gasteiger partial charge in [0.05, 0.1) is 31.1 Å². The average molecular weight is 356 g/mol. The number of carbonyl (C=O) groups is 1. The van der Waals surface area contributed by atoms with Gasteiger partial charge in [-0.05, 0) is 24.3 Å². The van der Waals surface area contributed by atoms with Crippen LogP contribution in [0.2, 0.25) is 0 Å². The van der Waals surface area contributed by atoms with E-state index in [0.29, 0.717) is 25.6 Å². The maximum atomic E-state index is 12.2. The number of amides is 2. The van der Waals surface area contributed by atoms with Crippen molar-refractivity contribution in [3.8, 4) is 0 Å². The zero-order chi connectivity index (χ0) is 18.4. The lowest BCUT2D eigenvalue weighted by Gasteiger charge is -2.28. The van der Waals surface area contributed by atoms with E-state index in [1.54, 1.807) is 6.20 Å². The van der Waals surface area contributed by atoms with Crippen molar-refractivity contribution in [2.24, 2.45) is 0 Å². The molecule has 2 amide bonds. The highest BCUT2D eigenvalue weighted by Gasteiger charge is 2.13. The number of nitrogens with zero attached hydrogens (tertiary/aromatic N) is 4. The van der Waals surface area contributed by atoms with Crippen molar-refractivity contribution < 1.29 is 9.53 Å². The first-order chi connectivity index (χ1) is 12.6. The Morgan fingerprint density at radius 1 is 1.23 bits per heavy atom. The summed E-state index contributed by atoms with van der Waals surface area (Å²) in [5.74, 6) is 1.43. The minimum atomic E-state index is -0.314. The molecule has 0 spiro atoms. The summed E-state index contributed by atoms with van der Waals surface area (Å²) >= 11 is 0. The highest BCUT2D eigenvalue weighted by molar-refractivity contribution is 5.91. The Balaban J connectivity index is 1.58. The Morgan fingerprint density at radius 3 is 2.81 bits per heavy atom. The molecule has 0 bridgehead atoms. The molecule has 26 heavy (non-hydrogen) atoms. The Morgan fingerprint density at radius 2 is 2.04 bits per heavy atom. The van der Waals surface area contributed by atoms with E-state index in [1.807, 2.05) is 49.3 Å². The molecule has 2 aromatic heterocycles. The van der Waals surface area contributed by atoms with Crippen molar-refractivity contribution in [2.45, 2.75) is 6.54 Å². The van der Waals surface area contributed by atoms with Crippen molar-refractivity contribution in [1.29, 1.82) is 0 Å². The second-order valence-electron chi connectivity index (χ2n) is 6.16. The summed E-state index contributed by atoms with van der Waals surface area (Å²) in [6.07, 6.45) is 1.65. The summed E-state index contributed by atoms with van der Waals surface area (Å²) in [5.41, 5.74) is 1.65. The summed E-state index contributed by atoms with van der Waals surface area (Å²) in [6.45, 7) is 3.43. The lowest BCUT2D eigenvalue weighted by molar-refractivity contribution is 0.122. The van der Waals surface area contributed by atoms with Crippen molar-refractivity contribution in [1.82, 2.24) is 15.3 Å². The van der Waals surface area contributed by atoms with E-state index >= 15 is 0 Å². The van der Waals surface area contributed by atoms with Crippen LogP contribution in [0.1, 0.15) is 5.69 Å². The van der Waals surface area contributed by atoms with Gasteiger partial charge in [-0.1, -0.05) is 6.07 Å². The first kappa shape index (κ1) is 17.9. The van der Waals surface area contributed by atoms with Gasteiger partial charge in [0.25, 0.3) is 0 Å². The molecule has 0 unspecified atom stereocenters. The number of nitrogens with one attached hydrogen (secondary N) is 2. The predicted octanol–water partition coefficient (Wildman–Crippen LogP) is 1.70. The van der Waals surface area contributed by atoms with Gasteiger partial charge in [-0.3, -0.25) is 5.32 Å². The van der Waals surface area contributed by atoms with E-state index in [1.165, 1.54) is 0 Å². The molecule has 2 aromatic rings. The topological polar surface area (TPSA) is 82.6 Å². The van der Waals surface area contributed by atoms with Crippen LogP contribution < -0.4 is 20.4 Å². The molecule has 2 N–H and O–H groups in total. The Labute approximate surface area is 153 Å². The lowest BCUT2D eigenvalue weighted by atomic mass is 10.3. The number of hydrogen-bond donors (Lipinski definition) is 2. The highest BCUT2D eigenvalue weighted by Crippen LogP contribution is 2.20. The molecule has 8 heteroatoms. The molecule has 1 aliphatic heterocycles. The minimum absolute atomic E-state index is 0.314. The molecule has 138 valence electrons. The molecule has 1 aliphatic rings. The maximum absolute atomic E-state index is 12.2. The second-order valence-corrected chi connectivity index (χ2v) is 6.16. The fourth-order valence-corrected chi connectivity index (χ4v) is 2.71. The first-order valence-electron chi connectivity index (χ1n) is 8.59. The van der Waals surface area contributed by atoms with Crippen LogP contribution >= 0.6 is 0 Å². The van der Waals surface area contributed by atoms with E-state index in [0.717, 1.165) is 30.3 Å². The third-order valence-electron chi connectivity index (χ3n) is 4.06. The fourth-order valence-electron chi connectivity index (χ4n) is 2.71. The standard InChI is InChI=1S/C18H24N6O2/c1-23(2)15-6-4-8-19-17(15)22-18(25)20-13-14-5-3-7-16(21-14)24-9-11-26-12-10-24/h3-8H,9-13H2,1-2H3,(H2,19,20,22,25). The molecule has 0 aliphatic carbocycles. The van der Waals surface area contributed by atoms with Gasteiger partial charge in [-0.15, -0.1) is 0 Å². The summed E-state index contributed by atoms with van der Waals surface area (Å²) in [6, 6.07) is 9.25. The number of morpholine rings is 1. The van der Waals surface area contributed by atoms with E-state index in [2.05, 4.69) is 25.5 Å². The van der Waals surface area contributed by atoms with Crippen LogP contribution in [-0.2, 0) is 11.3 Å². The second kappa shape index (κ2) is 8.48. The molecular formula is C18H24N6O2. The van der Waals surface area contributed by atoms with Gasteiger partial charge in [-0.2, -0.15) is 0 Å². The van der Waals surface area contributed by atoms with Gasteiger partial charge in [0.15, 0.2) is 5.82 Å². The maximum Gasteiger partial charge on any atom is 0.320 e. The van der Waals surface area contributed by atoms with Crippen LogP contribution in [0.4, 0.5) is 22.1 Å². The van der Waals surface area contributed by atoms with Gasteiger partial charge >= 0.3 is 6.03 Å². The minimum Gasteiger partial charge on any atom is -0.378 e. The van der Waals surface area contributed by atoms with E-state index < -0.39 is 0 Å². The van der Waals surface area contributed by atoms with Gasteiger partial charge in [0.1, 0.15) is 5.82 Å². The largest absolute Gasteiger partial charge is 0.378 e. The number of hydrogen-bond acceptors (Lipinski definition) is 6. The molecule has 8 nitrogen and oxygen atoms in total. The van der Waals surface area contributed by atoms with E-state index in [-0.39, 0.29) is 6.03 Å². The average Bonchev–Trinajstić information content (AvgIpc) is 2.67. The zero-order valence-electron chi connectivity index (χ0n) is 15.1. The normalized spacial score (nSPS) is 14.0. The molecule has 0 radical (unpaired) electrons. The molecule has 0 atom stereocenters. The third kappa shape index (κ3) is 4.60. The first-order valence-corrected chi connectivity index (χ1v) is 8.59. The predicted molar refractivity (Wildman–Crippen MR) is 102 cm³/mol. The van der Waals surface area contributed by atoms with Crippen molar-refractivity contribution in [3.05, 3.63) is 42.2 Å². The number of urea groups is 1. The Bertz CT molecular complexity index is 746. The van der Waals surface area contributed by atoms with Gasteiger partial charge in [0, 0.05) is 33.4 Å². The van der Waals surface area contributed by atoms with E-state index in [4.69, 9.17) is 4.74 Å². The van der Waals surface area contributed by atoms with Crippen LogP contribution in [0.3, 0.4) is 0 Å². The third-order valence-corrected chi connectivity index (χ3v) is 4.06. The van der Waals surface area contributed by atoms with Crippen molar-refractivity contribution in [2.75, 3.05) is 55.5 Å². The number of aromatic nitrogens is 2. The SMILES string of the molecule is CN(C)c1cccnc1NC(=O)NCc1cccc(N2CCOCC2)n1. The summed E-state index contributed by atoms with van der Waals surface area (Å²) < 4.78 is 5.37. The van der Waals surface area contributed by atoms with Gasteiger partial charge < -0.3 is 19.9 Å². The molecule has 0 aromatic carbocycles. The Kier molecular flexibility index (Phi) is 5.85. The summed E-state index contributed by atoms with van der Waals surface area (Å²) in [5, 5.41) is 5.61. The van der Waals surface area contributed by atoms with Crippen LogP contribution in [0.15, 0.2) is 36.5 Å². The van der Waals surface area contributed by atoms with Crippen LogP contribution in [0.25, 0.3) is 0 Å². The number of ether oxygens (including phenoxy) is 1. The number of rotatable bonds is 5. The van der Waals surface area contributed by atoms with Crippen molar-refractivity contribution in [3.63, 3.8) is 0 Å². The van der Waals surface area contributed by atoms with Crippen LogP contribution in [0.5, 0.6) is 0 Å². The smallest absolute Gasteiger partial charge is 0.320 e. The molecule has 3 heterocycles. The Hall–Kier alpha value is -2.87. The van der Waals surface area contributed by atoms with E-state index in [9.17, 15) is 4.79 Å². The number of pyridine rings is 2.